The molecule has 0 saturated carbocycles. The van der Waals surface area contributed by atoms with E-state index in [0.29, 0.717) is 0 Å². The monoisotopic (exact) mass is 282 g/mol. The van der Waals surface area contributed by atoms with E-state index < -0.39 is 23.8 Å². The summed E-state index contributed by atoms with van der Waals surface area (Å²) in [6, 6.07) is 2.08. The number of carboxylic acid groups (broad SMARTS) is 1. The van der Waals surface area contributed by atoms with Crippen LogP contribution in [0.2, 0.25) is 0 Å². The molecule has 0 bridgehead atoms. The van der Waals surface area contributed by atoms with Gasteiger partial charge in [-0.3, -0.25) is 9.59 Å². The molecule has 1 heterocycles. The van der Waals surface area contributed by atoms with E-state index in [1.165, 1.54) is 19.4 Å². The van der Waals surface area contributed by atoms with Gasteiger partial charge in [0.15, 0.2) is 5.76 Å². The highest BCUT2D eigenvalue weighted by Gasteiger charge is 2.25. The van der Waals surface area contributed by atoms with Gasteiger partial charge in [-0.1, -0.05) is 13.8 Å². The molecule has 2 amide bonds. The molecule has 1 atom stereocenters. The van der Waals surface area contributed by atoms with E-state index in [4.69, 9.17) is 9.52 Å². The molecule has 7 heteroatoms. The summed E-state index contributed by atoms with van der Waals surface area (Å²) < 4.78 is 4.94. The fourth-order valence-electron chi connectivity index (χ4n) is 1.61. The van der Waals surface area contributed by atoms with Crippen LogP contribution < -0.4 is 5.32 Å². The molecule has 2 N–H and O–H groups in total. The second kappa shape index (κ2) is 6.74. The summed E-state index contributed by atoms with van der Waals surface area (Å²) in [6.45, 7) is 3.14. The minimum atomic E-state index is -1.10. The molecule has 0 aromatic carbocycles. The Bertz CT molecular complexity index is 481. The summed E-state index contributed by atoms with van der Waals surface area (Å²) in [7, 11) is 1.44. The molecule has 0 aliphatic heterocycles. The Morgan fingerprint density at radius 1 is 1.40 bits per heavy atom. The van der Waals surface area contributed by atoms with Crippen LogP contribution in [-0.2, 0) is 9.59 Å². The van der Waals surface area contributed by atoms with E-state index in [1.54, 1.807) is 19.9 Å². The fraction of sp³-hybridized carbons (Fsp3) is 0.462. The van der Waals surface area contributed by atoms with Crippen molar-refractivity contribution in [2.45, 2.75) is 19.9 Å². The highest BCUT2D eigenvalue weighted by atomic mass is 16.4. The Morgan fingerprint density at radius 2 is 2.05 bits per heavy atom. The number of carbonyl (C=O) groups is 3. The standard InChI is InChI=1S/C13H18N2O5/c1-8(2)11(13(18)19)14-10(16)7-15(3)12(17)9-5-4-6-20-9/h4-6,8,11H,7H2,1-3H3,(H,14,16)(H,18,19)/t11-/m1/s1. The maximum absolute atomic E-state index is 11.8. The lowest BCUT2D eigenvalue weighted by atomic mass is 10.0. The van der Waals surface area contributed by atoms with Crippen molar-refractivity contribution in [3.05, 3.63) is 24.2 Å². The van der Waals surface area contributed by atoms with Gasteiger partial charge in [0, 0.05) is 7.05 Å². The number of nitrogens with zero attached hydrogens (tertiary/aromatic N) is 1. The number of likely N-dealkylation sites (N-methyl/N-ethyl adjacent to an activating group) is 1. The predicted octanol–water partition coefficient (Wildman–Crippen LogP) is 0.577. The topological polar surface area (TPSA) is 99.9 Å². The lowest BCUT2D eigenvalue weighted by Gasteiger charge is -2.20. The van der Waals surface area contributed by atoms with Gasteiger partial charge in [-0.25, -0.2) is 4.79 Å². The Kier molecular flexibility index (Phi) is 5.31. The van der Waals surface area contributed by atoms with E-state index in [9.17, 15) is 14.4 Å². The van der Waals surface area contributed by atoms with Crippen molar-refractivity contribution in [2.24, 2.45) is 5.92 Å². The van der Waals surface area contributed by atoms with E-state index in [-0.39, 0.29) is 18.2 Å². The van der Waals surface area contributed by atoms with Gasteiger partial charge in [0.25, 0.3) is 5.91 Å². The molecular weight excluding hydrogens is 264 g/mol. The van der Waals surface area contributed by atoms with Crippen LogP contribution in [0.15, 0.2) is 22.8 Å². The van der Waals surface area contributed by atoms with Crippen LogP contribution in [0, 0.1) is 5.92 Å². The number of aliphatic carboxylic acids is 1. The number of carboxylic acids is 1. The first-order valence-electron chi connectivity index (χ1n) is 6.14. The molecule has 0 saturated heterocycles. The predicted molar refractivity (Wildman–Crippen MR) is 70.1 cm³/mol. The van der Waals surface area contributed by atoms with Crippen molar-refractivity contribution in [3.8, 4) is 0 Å². The first-order chi connectivity index (χ1) is 9.32. The van der Waals surface area contributed by atoms with Crippen molar-refractivity contribution >= 4 is 17.8 Å². The van der Waals surface area contributed by atoms with Gasteiger partial charge in [0.05, 0.1) is 12.8 Å². The van der Waals surface area contributed by atoms with Crippen LogP contribution in [0.25, 0.3) is 0 Å². The summed E-state index contributed by atoms with van der Waals surface area (Å²) in [5.41, 5.74) is 0. The molecule has 0 fully saturated rings. The van der Waals surface area contributed by atoms with Crippen molar-refractivity contribution in [1.29, 1.82) is 0 Å². The van der Waals surface area contributed by atoms with Gasteiger partial charge in [0.1, 0.15) is 6.04 Å². The summed E-state index contributed by atoms with van der Waals surface area (Å²) in [4.78, 5) is 35.7. The third-order valence-corrected chi connectivity index (χ3v) is 2.71. The first-order valence-corrected chi connectivity index (χ1v) is 6.14. The van der Waals surface area contributed by atoms with Crippen molar-refractivity contribution in [1.82, 2.24) is 10.2 Å². The third-order valence-electron chi connectivity index (χ3n) is 2.71. The first kappa shape index (κ1) is 15.7. The summed E-state index contributed by atoms with van der Waals surface area (Å²) in [6.07, 6.45) is 1.36. The average molecular weight is 282 g/mol. The van der Waals surface area contributed by atoms with E-state index in [1.807, 2.05) is 0 Å². The second-order valence-corrected chi connectivity index (χ2v) is 4.77. The average Bonchev–Trinajstić information content (AvgIpc) is 2.87. The Labute approximate surface area is 116 Å². The van der Waals surface area contributed by atoms with Gasteiger partial charge in [0.2, 0.25) is 5.91 Å². The molecule has 0 aliphatic carbocycles. The van der Waals surface area contributed by atoms with Gasteiger partial charge in [-0.2, -0.15) is 0 Å². The zero-order chi connectivity index (χ0) is 15.3. The molecule has 0 unspecified atom stereocenters. The van der Waals surface area contributed by atoms with Crippen LogP contribution in [0.3, 0.4) is 0 Å². The Hall–Kier alpha value is -2.31. The summed E-state index contributed by atoms with van der Waals surface area (Å²) in [5.74, 6) is -2.20. The quantitative estimate of drug-likeness (QED) is 0.795. The van der Waals surface area contributed by atoms with Crippen LogP contribution >= 0.6 is 0 Å². The maximum atomic E-state index is 11.8. The number of nitrogens with one attached hydrogen (secondary N) is 1. The second-order valence-electron chi connectivity index (χ2n) is 4.77. The van der Waals surface area contributed by atoms with Crippen molar-refractivity contribution in [3.63, 3.8) is 0 Å². The van der Waals surface area contributed by atoms with Crippen molar-refractivity contribution in [2.75, 3.05) is 13.6 Å². The van der Waals surface area contributed by atoms with Crippen molar-refractivity contribution < 1.29 is 23.9 Å². The highest BCUT2D eigenvalue weighted by molar-refractivity contribution is 5.94. The summed E-state index contributed by atoms with van der Waals surface area (Å²) >= 11 is 0. The normalized spacial score (nSPS) is 12.0. The number of furan rings is 1. The van der Waals surface area contributed by atoms with Crippen LogP contribution in [0.1, 0.15) is 24.4 Å². The molecule has 0 radical (unpaired) electrons. The van der Waals surface area contributed by atoms with Gasteiger partial charge in [-0.15, -0.1) is 0 Å². The molecule has 1 rings (SSSR count). The largest absolute Gasteiger partial charge is 0.480 e. The lowest BCUT2D eigenvalue weighted by molar-refractivity contribution is -0.143. The number of hydrogen-bond donors (Lipinski definition) is 2. The number of hydrogen-bond acceptors (Lipinski definition) is 4. The summed E-state index contributed by atoms with van der Waals surface area (Å²) in [5, 5.41) is 11.4. The van der Waals surface area contributed by atoms with Crippen LogP contribution in [0.4, 0.5) is 0 Å². The van der Waals surface area contributed by atoms with Gasteiger partial charge in [-0.05, 0) is 18.1 Å². The molecule has 1 aromatic heterocycles. The lowest BCUT2D eigenvalue weighted by Crippen LogP contribution is -2.48. The van der Waals surface area contributed by atoms with E-state index in [0.717, 1.165) is 4.90 Å². The van der Waals surface area contributed by atoms with E-state index >= 15 is 0 Å². The Balaban J connectivity index is 2.57. The number of amides is 2. The molecular formula is C13H18N2O5. The zero-order valence-electron chi connectivity index (χ0n) is 11.6. The van der Waals surface area contributed by atoms with Gasteiger partial charge >= 0.3 is 5.97 Å². The number of rotatable bonds is 6. The van der Waals surface area contributed by atoms with Gasteiger partial charge < -0.3 is 19.7 Å². The highest BCUT2D eigenvalue weighted by Crippen LogP contribution is 2.05. The SMILES string of the molecule is CC(C)[C@@H](NC(=O)CN(C)C(=O)c1ccco1)C(=O)O. The molecule has 20 heavy (non-hydrogen) atoms. The molecule has 1 aromatic rings. The fourth-order valence-corrected chi connectivity index (χ4v) is 1.61. The van der Waals surface area contributed by atoms with Crippen LogP contribution in [0.5, 0.6) is 0 Å². The Morgan fingerprint density at radius 3 is 2.50 bits per heavy atom. The van der Waals surface area contributed by atoms with E-state index in [2.05, 4.69) is 5.32 Å². The maximum Gasteiger partial charge on any atom is 0.326 e. The molecule has 7 nitrogen and oxygen atoms in total. The minimum absolute atomic E-state index is 0.124. The smallest absolute Gasteiger partial charge is 0.326 e. The molecule has 0 spiro atoms. The van der Waals surface area contributed by atoms with Crippen LogP contribution in [-0.4, -0.2) is 47.4 Å². The molecule has 0 aliphatic rings. The molecule has 110 valence electrons. The number of carbonyl (C=O) groups excluding carboxylic acids is 2. The minimum Gasteiger partial charge on any atom is -0.480 e. The third kappa shape index (κ3) is 4.11. The zero-order valence-corrected chi connectivity index (χ0v) is 11.6.